The number of nitrogen functional groups attached to an aromatic ring is 1. The minimum atomic E-state index is -0.319. The summed E-state index contributed by atoms with van der Waals surface area (Å²) in [6.07, 6.45) is 9.68. The van der Waals surface area contributed by atoms with Crippen molar-refractivity contribution in [2.45, 2.75) is 12.8 Å². The first-order valence-electron chi connectivity index (χ1n) is 11.4. The molecule has 0 radical (unpaired) electrons. The van der Waals surface area contributed by atoms with Gasteiger partial charge in [-0.3, -0.25) is 9.89 Å². The third kappa shape index (κ3) is 4.74. The molecule has 9 nitrogen and oxygen atoms in total. The smallest absolute Gasteiger partial charge is 0.256 e. The highest BCUT2D eigenvalue weighted by molar-refractivity contribution is 6.05. The molecule has 35 heavy (non-hydrogen) atoms. The van der Waals surface area contributed by atoms with E-state index < -0.39 is 0 Å². The number of nitrogens with one attached hydrogen (secondary N) is 2. The third-order valence-electron chi connectivity index (χ3n) is 6.06. The Labute approximate surface area is 202 Å². The number of fused-ring (bicyclic) bond motifs is 1. The van der Waals surface area contributed by atoms with Crippen LogP contribution in [0.5, 0.6) is 0 Å². The number of aromatic amines is 1. The van der Waals surface area contributed by atoms with Crippen LogP contribution in [0.2, 0.25) is 0 Å². The van der Waals surface area contributed by atoms with E-state index >= 15 is 0 Å². The van der Waals surface area contributed by atoms with Crippen molar-refractivity contribution in [3.63, 3.8) is 0 Å². The van der Waals surface area contributed by atoms with E-state index in [2.05, 4.69) is 36.5 Å². The van der Waals surface area contributed by atoms with Crippen LogP contribution in [0.15, 0.2) is 54.9 Å². The van der Waals surface area contributed by atoms with Crippen molar-refractivity contribution >= 4 is 34.5 Å². The van der Waals surface area contributed by atoms with E-state index in [1.165, 1.54) is 31.8 Å². The van der Waals surface area contributed by atoms with E-state index in [0.29, 0.717) is 22.8 Å². The molecule has 0 spiro atoms. The Hall–Kier alpha value is -4.55. The van der Waals surface area contributed by atoms with Crippen LogP contribution in [-0.2, 0) is 0 Å². The van der Waals surface area contributed by atoms with Gasteiger partial charge in [-0.05, 0) is 50.2 Å². The summed E-state index contributed by atoms with van der Waals surface area (Å²) in [5.41, 5.74) is 10.3. The molecule has 0 saturated carbocycles. The molecule has 1 saturated heterocycles. The highest BCUT2D eigenvalue weighted by Gasteiger charge is 2.16. The predicted octanol–water partition coefficient (Wildman–Crippen LogP) is 3.84. The van der Waals surface area contributed by atoms with Crippen LogP contribution in [0.25, 0.3) is 28.2 Å². The largest absolute Gasteiger partial charge is 0.383 e. The van der Waals surface area contributed by atoms with E-state index in [0.717, 1.165) is 40.7 Å². The van der Waals surface area contributed by atoms with Crippen molar-refractivity contribution in [3.8, 4) is 17.3 Å². The summed E-state index contributed by atoms with van der Waals surface area (Å²) >= 11 is 0. The quantitative estimate of drug-likeness (QED) is 0.378. The van der Waals surface area contributed by atoms with Gasteiger partial charge < -0.3 is 16.0 Å². The zero-order valence-corrected chi connectivity index (χ0v) is 19.0. The van der Waals surface area contributed by atoms with Crippen molar-refractivity contribution in [2.75, 3.05) is 30.7 Å². The number of hydrogen-bond donors (Lipinski definition) is 3. The van der Waals surface area contributed by atoms with Gasteiger partial charge in [0.2, 0.25) is 0 Å². The third-order valence-corrected chi connectivity index (χ3v) is 6.06. The van der Waals surface area contributed by atoms with Crippen LogP contribution in [0.3, 0.4) is 0 Å². The molecule has 4 heterocycles. The molecule has 4 aromatic rings. The van der Waals surface area contributed by atoms with Crippen molar-refractivity contribution in [1.82, 2.24) is 25.1 Å². The van der Waals surface area contributed by atoms with Crippen molar-refractivity contribution in [3.05, 3.63) is 71.6 Å². The van der Waals surface area contributed by atoms with E-state index in [9.17, 15) is 4.79 Å². The molecule has 0 atom stereocenters. The number of nitrogens with two attached hydrogens (primary N) is 1. The summed E-state index contributed by atoms with van der Waals surface area (Å²) in [5.74, 6) is 0.397. The Kier molecular flexibility index (Phi) is 6.20. The predicted molar refractivity (Wildman–Crippen MR) is 135 cm³/mol. The molecule has 9 heteroatoms. The SMILES string of the molecule is N#Cc1ccnc(NC(=O)c2ccc(-c3[nH]nc4c(/C=C/CCN5CCC5)cnc(N)c34)cc2)c1. The molecule has 1 aromatic carbocycles. The summed E-state index contributed by atoms with van der Waals surface area (Å²) < 4.78 is 0. The lowest BCUT2D eigenvalue weighted by atomic mass is 10.0. The lowest BCUT2D eigenvalue weighted by Gasteiger charge is -2.30. The number of nitriles is 1. The molecule has 1 aliphatic rings. The number of amides is 1. The first-order valence-corrected chi connectivity index (χ1v) is 11.4. The number of carbonyl (C=O) groups excluding carboxylic acids is 1. The second kappa shape index (κ2) is 9.75. The second-order valence-electron chi connectivity index (χ2n) is 8.38. The molecule has 1 amide bonds. The number of hydrogen-bond acceptors (Lipinski definition) is 7. The van der Waals surface area contributed by atoms with Crippen LogP contribution >= 0.6 is 0 Å². The van der Waals surface area contributed by atoms with E-state index in [1.54, 1.807) is 24.4 Å². The number of pyridine rings is 2. The monoisotopic (exact) mass is 464 g/mol. The standard InChI is InChI=1S/C26H24N8O/c27-15-17-9-10-29-21(14-17)31-26(35)19-7-5-18(6-8-19)23-22-24(33-32-23)20(16-30-25(22)28)4-1-2-11-34-12-3-13-34/h1,4-10,14,16H,2-3,11-13H2,(H2,28,30)(H,32,33)(H,29,31,35)/b4-1+. The molecule has 0 aliphatic carbocycles. The molecule has 1 fully saturated rings. The van der Waals surface area contributed by atoms with Gasteiger partial charge in [0.05, 0.1) is 22.7 Å². The van der Waals surface area contributed by atoms with Gasteiger partial charge in [-0.1, -0.05) is 24.3 Å². The maximum Gasteiger partial charge on any atom is 0.256 e. The summed E-state index contributed by atoms with van der Waals surface area (Å²) in [6, 6.07) is 12.2. The van der Waals surface area contributed by atoms with Gasteiger partial charge in [0.15, 0.2) is 0 Å². The Morgan fingerprint density at radius 3 is 2.80 bits per heavy atom. The Balaban J connectivity index is 1.34. The Bertz CT molecular complexity index is 1440. The molecular formula is C26H24N8O. The zero-order valence-electron chi connectivity index (χ0n) is 19.0. The number of anilines is 2. The minimum Gasteiger partial charge on any atom is -0.383 e. The molecule has 1 aliphatic heterocycles. The average Bonchev–Trinajstić information content (AvgIpc) is 3.30. The Morgan fingerprint density at radius 1 is 1.23 bits per heavy atom. The van der Waals surface area contributed by atoms with Gasteiger partial charge in [-0.2, -0.15) is 10.4 Å². The highest BCUT2D eigenvalue weighted by atomic mass is 16.1. The number of H-pyrrole nitrogens is 1. The van der Waals surface area contributed by atoms with Crippen LogP contribution in [-0.4, -0.2) is 50.6 Å². The highest BCUT2D eigenvalue weighted by Crippen LogP contribution is 2.32. The van der Waals surface area contributed by atoms with Crippen LogP contribution in [0, 0.1) is 11.3 Å². The molecule has 5 rings (SSSR count). The van der Waals surface area contributed by atoms with Gasteiger partial charge in [0.1, 0.15) is 17.2 Å². The average molecular weight is 465 g/mol. The molecule has 174 valence electrons. The Morgan fingerprint density at radius 2 is 2.06 bits per heavy atom. The molecule has 0 unspecified atom stereocenters. The van der Waals surface area contributed by atoms with Gasteiger partial charge in [-0.25, -0.2) is 9.97 Å². The lowest BCUT2D eigenvalue weighted by molar-refractivity contribution is 0.102. The normalized spacial score (nSPS) is 13.6. The summed E-state index contributed by atoms with van der Waals surface area (Å²) in [5, 5.41) is 20.1. The molecule has 0 bridgehead atoms. The number of carbonyl (C=O) groups is 1. The fraction of sp³-hybridized carbons (Fsp3) is 0.192. The number of benzene rings is 1. The van der Waals surface area contributed by atoms with Gasteiger partial charge in [0.25, 0.3) is 5.91 Å². The minimum absolute atomic E-state index is 0.319. The number of aromatic nitrogens is 4. The molecule has 4 N–H and O–H groups in total. The first-order chi connectivity index (χ1) is 17.1. The van der Waals surface area contributed by atoms with E-state index in [-0.39, 0.29) is 5.91 Å². The number of nitrogens with zero attached hydrogens (tertiary/aromatic N) is 5. The number of rotatable bonds is 7. The summed E-state index contributed by atoms with van der Waals surface area (Å²) in [7, 11) is 0. The maximum atomic E-state index is 12.6. The topological polar surface area (TPSA) is 137 Å². The lowest BCUT2D eigenvalue weighted by Crippen LogP contribution is -2.37. The fourth-order valence-electron chi connectivity index (χ4n) is 4.01. The first kappa shape index (κ1) is 22.3. The molecule has 3 aromatic heterocycles. The van der Waals surface area contributed by atoms with Crippen LogP contribution in [0.4, 0.5) is 11.6 Å². The van der Waals surface area contributed by atoms with E-state index in [1.807, 2.05) is 24.3 Å². The van der Waals surface area contributed by atoms with Crippen molar-refractivity contribution < 1.29 is 4.79 Å². The van der Waals surface area contributed by atoms with Gasteiger partial charge >= 0.3 is 0 Å². The van der Waals surface area contributed by atoms with Crippen LogP contribution in [0.1, 0.15) is 34.3 Å². The number of likely N-dealkylation sites (tertiary alicyclic amines) is 1. The van der Waals surface area contributed by atoms with Gasteiger partial charge in [0, 0.05) is 35.6 Å². The maximum absolute atomic E-state index is 12.6. The van der Waals surface area contributed by atoms with Gasteiger partial charge in [-0.15, -0.1) is 0 Å². The summed E-state index contributed by atoms with van der Waals surface area (Å²) in [6.45, 7) is 3.44. The van der Waals surface area contributed by atoms with Crippen molar-refractivity contribution in [2.24, 2.45) is 0 Å². The van der Waals surface area contributed by atoms with Crippen molar-refractivity contribution in [1.29, 1.82) is 5.26 Å². The van der Waals surface area contributed by atoms with Crippen LogP contribution < -0.4 is 11.1 Å². The summed E-state index contributed by atoms with van der Waals surface area (Å²) in [4.78, 5) is 23.5. The van der Waals surface area contributed by atoms with E-state index in [4.69, 9.17) is 11.0 Å². The fourth-order valence-corrected chi connectivity index (χ4v) is 4.01. The zero-order chi connectivity index (χ0) is 24.2. The molecular weight excluding hydrogens is 440 g/mol. The second-order valence-corrected chi connectivity index (χ2v) is 8.38.